The minimum Gasteiger partial charge on any atom is -0.507 e. The summed E-state index contributed by atoms with van der Waals surface area (Å²) in [6.45, 7) is 8.35. The molecule has 10 nitrogen and oxygen atoms in total. The van der Waals surface area contributed by atoms with Gasteiger partial charge in [-0.2, -0.15) is 0 Å². The lowest BCUT2D eigenvalue weighted by molar-refractivity contribution is -0.146. The smallest absolute Gasteiger partial charge is 0.273 e. The molecule has 2 aromatic rings. The molecule has 10 heteroatoms. The number of nitrogens with one attached hydrogen (secondary N) is 4. The van der Waals surface area contributed by atoms with Crippen LogP contribution in [0.3, 0.4) is 0 Å². The van der Waals surface area contributed by atoms with Gasteiger partial charge in [0.2, 0.25) is 0 Å². The summed E-state index contributed by atoms with van der Waals surface area (Å²) in [6, 6.07) is 9.83. The number of rotatable bonds is 25. The van der Waals surface area contributed by atoms with Gasteiger partial charge < -0.3 is 10.2 Å². The van der Waals surface area contributed by atoms with Crippen molar-refractivity contribution in [1.82, 2.24) is 21.7 Å². The Labute approximate surface area is 312 Å². The fraction of sp³-hybridized carbons (Fsp3) is 0.619. The van der Waals surface area contributed by atoms with Crippen LogP contribution >= 0.6 is 0 Å². The van der Waals surface area contributed by atoms with Gasteiger partial charge in [-0.3, -0.25) is 40.9 Å². The van der Waals surface area contributed by atoms with E-state index in [1.807, 2.05) is 13.8 Å². The van der Waals surface area contributed by atoms with Crippen LogP contribution in [-0.4, -0.2) is 33.8 Å². The standard InChI is InChI=1S/C42H66N4O6/c1-5-9-13-15-17-19-22-32-24-26-36(47)34(30-32)38(49)43-45-40(51)42(28-12-8-4,29-21-11-7-3)41(52)46-44-39(50)35-31-33(25-27-37(35)48)23-20-18-16-14-10-6-2/h24-27,30-31,47-48H,5-23,28-29H2,1-4H3,(H,43,49)(H,44,50)(H,45,51)(H,46,52). The lowest BCUT2D eigenvalue weighted by Gasteiger charge is -2.31. The predicted molar refractivity (Wildman–Crippen MR) is 208 cm³/mol. The highest BCUT2D eigenvalue weighted by atomic mass is 16.3. The van der Waals surface area contributed by atoms with Gasteiger partial charge in [-0.05, 0) is 73.9 Å². The summed E-state index contributed by atoms with van der Waals surface area (Å²) >= 11 is 0. The molecular weight excluding hydrogens is 656 g/mol. The first-order valence-corrected chi connectivity index (χ1v) is 20.0. The first kappa shape index (κ1) is 44.1. The van der Waals surface area contributed by atoms with Gasteiger partial charge in [0.25, 0.3) is 23.6 Å². The molecule has 52 heavy (non-hydrogen) atoms. The Bertz CT molecular complexity index is 1300. The quantitative estimate of drug-likeness (QED) is 0.0342. The number of phenolic OH excluding ortho intramolecular Hbond substituents is 2. The van der Waals surface area contributed by atoms with Crippen LogP contribution in [0.25, 0.3) is 0 Å². The number of aromatic hydroxyl groups is 2. The second-order valence-corrected chi connectivity index (χ2v) is 14.2. The number of amides is 4. The van der Waals surface area contributed by atoms with Crippen LogP contribution in [-0.2, 0) is 22.4 Å². The van der Waals surface area contributed by atoms with Gasteiger partial charge in [-0.15, -0.1) is 0 Å². The third-order valence-corrected chi connectivity index (χ3v) is 9.86. The van der Waals surface area contributed by atoms with E-state index in [0.717, 1.165) is 75.3 Å². The van der Waals surface area contributed by atoms with E-state index >= 15 is 0 Å². The average molecular weight is 723 g/mol. The van der Waals surface area contributed by atoms with E-state index in [0.29, 0.717) is 19.3 Å². The van der Waals surface area contributed by atoms with Gasteiger partial charge in [0.1, 0.15) is 16.9 Å². The van der Waals surface area contributed by atoms with Crippen LogP contribution in [0.2, 0.25) is 0 Å². The van der Waals surface area contributed by atoms with E-state index in [1.54, 1.807) is 24.3 Å². The molecule has 6 N–H and O–H groups in total. The Hall–Kier alpha value is -4.08. The lowest BCUT2D eigenvalue weighted by Crippen LogP contribution is -2.58. The molecule has 290 valence electrons. The van der Waals surface area contributed by atoms with Crippen LogP contribution in [0.4, 0.5) is 0 Å². The van der Waals surface area contributed by atoms with Crippen molar-refractivity contribution >= 4 is 23.6 Å². The minimum absolute atomic E-state index is 0.0316. The molecular formula is C42H66N4O6. The van der Waals surface area contributed by atoms with E-state index in [4.69, 9.17) is 0 Å². The number of hydrogen-bond acceptors (Lipinski definition) is 6. The van der Waals surface area contributed by atoms with Gasteiger partial charge in [-0.25, -0.2) is 0 Å². The summed E-state index contributed by atoms with van der Waals surface area (Å²) in [5.74, 6) is -3.22. The van der Waals surface area contributed by atoms with Crippen molar-refractivity contribution < 1.29 is 29.4 Å². The van der Waals surface area contributed by atoms with Crippen molar-refractivity contribution in [3.8, 4) is 11.5 Å². The Morgan fingerprint density at radius 3 is 1.27 bits per heavy atom. The Balaban J connectivity index is 2.15. The first-order chi connectivity index (χ1) is 25.1. The molecule has 0 aliphatic carbocycles. The summed E-state index contributed by atoms with van der Waals surface area (Å²) in [4.78, 5) is 54.3. The molecule has 2 aromatic carbocycles. The van der Waals surface area contributed by atoms with Gasteiger partial charge in [0, 0.05) is 0 Å². The highest BCUT2D eigenvalue weighted by molar-refractivity contribution is 6.07. The van der Waals surface area contributed by atoms with Gasteiger partial charge >= 0.3 is 0 Å². The second kappa shape index (κ2) is 25.0. The molecule has 4 amide bonds. The highest BCUT2D eigenvalue weighted by Gasteiger charge is 2.45. The number of phenols is 2. The van der Waals surface area contributed by atoms with Crippen molar-refractivity contribution in [3.63, 3.8) is 0 Å². The number of hydrazine groups is 2. The topological polar surface area (TPSA) is 157 Å². The Morgan fingerprint density at radius 1 is 0.481 bits per heavy atom. The van der Waals surface area contributed by atoms with E-state index in [1.165, 1.54) is 50.7 Å². The molecule has 0 bridgehead atoms. The minimum atomic E-state index is -1.60. The van der Waals surface area contributed by atoms with E-state index in [2.05, 4.69) is 35.6 Å². The molecule has 0 radical (unpaired) electrons. The number of benzene rings is 2. The third kappa shape index (κ3) is 14.9. The lowest BCUT2D eigenvalue weighted by atomic mass is 9.76. The maximum Gasteiger partial charge on any atom is 0.273 e. The summed E-state index contributed by atoms with van der Waals surface area (Å²) in [5, 5.41) is 21.0. The zero-order chi connectivity index (χ0) is 38.2. The molecule has 0 spiro atoms. The molecule has 0 saturated carbocycles. The number of carbonyl (C=O) groups excluding carboxylic acids is 4. The fourth-order valence-corrected chi connectivity index (χ4v) is 6.50. The van der Waals surface area contributed by atoms with E-state index in [-0.39, 0.29) is 35.5 Å². The normalized spacial score (nSPS) is 11.2. The maximum atomic E-state index is 13.9. The van der Waals surface area contributed by atoms with Crippen LogP contribution in [0.15, 0.2) is 36.4 Å². The SMILES string of the molecule is CCCCCCCCc1ccc(O)c(C(=O)NNC(=O)C(CCCC)(CCCCC)C(=O)NNC(=O)c2cc(CCCCCCCC)ccc2O)c1. The average Bonchev–Trinajstić information content (AvgIpc) is 3.14. The summed E-state index contributed by atoms with van der Waals surface area (Å²) in [7, 11) is 0. The highest BCUT2D eigenvalue weighted by Crippen LogP contribution is 2.33. The van der Waals surface area contributed by atoms with Gasteiger partial charge in [0.15, 0.2) is 0 Å². The first-order valence-electron chi connectivity index (χ1n) is 20.0. The summed E-state index contributed by atoms with van der Waals surface area (Å²) in [6.07, 6.45) is 19.1. The van der Waals surface area contributed by atoms with Crippen molar-refractivity contribution in [1.29, 1.82) is 0 Å². The molecule has 0 atom stereocenters. The number of hydrogen-bond donors (Lipinski definition) is 6. The molecule has 0 unspecified atom stereocenters. The molecule has 0 fully saturated rings. The van der Waals surface area contributed by atoms with Crippen molar-refractivity contribution in [3.05, 3.63) is 58.7 Å². The molecule has 0 aliphatic heterocycles. The Kier molecular flexibility index (Phi) is 21.2. The van der Waals surface area contributed by atoms with E-state index in [9.17, 15) is 29.4 Å². The molecule has 0 aliphatic rings. The summed E-state index contributed by atoms with van der Waals surface area (Å²) in [5.41, 5.74) is 10.1. The third-order valence-electron chi connectivity index (χ3n) is 9.86. The van der Waals surface area contributed by atoms with Crippen molar-refractivity contribution in [2.75, 3.05) is 0 Å². The molecule has 0 saturated heterocycles. The second-order valence-electron chi connectivity index (χ2n) is 14.2. The van der Waals surface area contributed by atoms with Crippen molar-refractivity contribution in [2.24, 2.45) is 5.41 Å². The monoisotopic (exact) mass is 722 g/mol. The number of aryl methyl sites for hydroxylation is 2. The number of carbonyl (C=O) groups is 4. The van der Waals surface area contributed by atoms with Crippen molar-refractivity contribution in [2.45, 2.75) is 163 Å². The Morgan fingerprint density at radius 2 is 0.846 bits per heavy atom. The largest absolute Gasteiger partial charge is 0.507 e. The molecule has 0 aromatic heterocycles. The molecule has 2 rings (SSSR count). The van der Waals surface area contributed by atoms with Crippen LogP contribution in [0.1, 0.15) is 182 Å². The fourth-order valence-electron chi connectivity index (χ4n) is 6.50. The van der Waals surface area contributed by atoms with Gasteiger partial charge in [0.05, 0.1) is 11.1 Å². The number of unbranched alkanes of at least 4 members (excludes halogenated alkanes) is 13. The predicted octanol–water partition coefficient (Wildman–Crippen LogP) is 8.88. The van der Waals surface area contributed by atoms with Crippen LogP contribution < -0.4 is 21.7 Å². The molecule has 0 heterocycles. The zero-order valence-corrected chi connectivity index (χ0v) is 32.3. The maximum absolute atomic E-state index is 13.9. The van der Waals surface area contributed by atoms with E-state index < -0.39 is 29.0 Å². The zero-order valence-electron chi connectivity index (χ0n) is 32.3. The van der Waals surface area contributed by atoms with Crippen LogP contribution in [0, 0.1) is 5.41 Å². The summed E-state index contributed by atoms with van der Waals surface area (Å²) < 4.78 is 0. The van der Waals surface area contributed by atoms with Gasteiger partial charge in [-0.1, -0.05) is 136 Å². The van der Waals surface area contributed by atoms with Crippen LogP contribution in [0.5, 0.6) is 11.5 Å².